The summed E-state index contributed by atoms with van der Waals surface area (Å²) in [5.74, 6) is -1.39. The molecule has 4 N–H and O–H groups in total. The van der Waals surface area contributed by atoms with Gasteiger partial charge in [0.1, 0.15) is 11.6 Å². The Hall–Kier alpha value is -3.01. The molecule has 0 aliphatic carbocycles. The standard InChI is InChI=1S/C27H50N6O6/c1-27(2,3)39-26(38)30-20-13-9-7-5-4-6-8-10-17-23(34)29-19-14-11-16-22(25(36)37)32-24(35)18-12-15-21-31-33-28/h22H,4-21H2,1-3H3,(H,29,34)(H,30,38)(H,32,35)(H,36,37)/t22-/m0/s1. The topological polar surface area (TPSA) is 183 Å². The summed E-state index contributed by atoms with van der Waals surface area (Å²) < 4.78 is 5.20. The van der Waals surface area contributed by atoms with Gasteiger partial charge in [0.25, 0.3) is 0 Å². The van der Waals surface area contributed by atoms with Crippen molar-refractivity contribution in [3.05, 3.63) is 10.4 Å². The van der Waals surface area contributed by atoms with Crippen LogP contribution in [0.15, 0.2) is 5.11 Å². The van der Waals surface area contributed by atoms with E-state index in [4.69, 9.17) is 10.3 Å². The van der Waals surface area contributed by atoms with Gasteiger partial charge in [0.2, 0.25) is 11.8 Å². The summed E-state index contributed by atoms with van der Waals surface area (Å²) >= 11 is 0. The van der Waals surface area contributed by atoms with Crippen LogP contribution in [0, 0.1) is 0 Å². The second kappa shape index (κ2) is 22.9. The third-order valence-corrected chi connectivity index (χ3v) is 5.85. The van der Waals surface area contributed by atoms with Crippen LogP contribution in [-0.2, 0) is 19.1 Å². The number of carboxylic acid groups (broad SMARTS) is 1. The fraction of sp³-hybridized carbons (Fsp3) is 0.852. The molecule has 0 fully saturated rings. The number of carbonyl (C=O) groups excluding carboxylic acids is 3. The number of carboxylic acids is 1. The van der Waals surface area contributed by atoms with Crippen LogP contribution < -0.4 is 16.0 Å². The first-order chi connectivity index (χ1) is 18.5. The highest BCUT2D eigenvalue weighted by molar-refractivity contribution is 5.83. The number of azide groups is 1. The van der Waals surface area contributed by atoms with E-state index in [1.54, 1.807) is 0 Å². The molecule has 0 spiro atoms. The Morgan fingerprint density at radius 3 is 1.95 bits per heavy atom. The zero-order chi connectivity index (χ0) is 29.4. The Morgan fingerprint density at radius 1 is 0.795 bits per heavy atom. The number of nitrogens with zero attached hydrogens (tertiary/aromatic N) is 3. The highest BCUT2D eigenvalue weighted by Crippen LogP contribution is 2.10. The molecule has 12 nitrogen and oxygen atoms in total. The predicted molar refractivity (Wildman–Crippen MR) is 150 cm³/mol. The Kier molecular flexibility index (Phi) is 21.2. The molecule has 39 heavy (non-hydrogen) atoms. The van der Waals surface area contributed by atoms with Crippen molar-refractivity contribution >= 4 is 23.9 Å². The Balaban J connectivity index is 3.65. The van der Waals surface area contributed by atoms with Gasteiger partial charge in [-0.3, -0.25) is 9.59 Å². The Morgan fingerprint density at radius 2 is 1.33 bits per heavy atom. The van der Waals surface area contributed by atoms with Crippen molar-refractivity contribution in [1.82, 2.24) is 16.0 Å². The molecule has 0 aliphatic rings. The second-order valence-corrected chi connectivity index (χ2v) is 10.7. The van der Waals surface area contributed by atoms with Gasteiger partial charge < -0.3 is 25.8 Å². The fourth-order valence-corrected chi connectivity index (χ4v) is 3.80. The molecule has 0 saturated carbocycles. The van der Waals surface area contributed by atoms with Crippen molar-refractivity contribution in [2.45, 2.75) is 129 Å². The van der Waals surface area contributed by atoms with E-state index in [1.807, 2.05) is 20.8 Å². The molecule has 0 aromatic carbocycles. The van der Waals surface area contributed by atoms with Gasteiger partial charge in [-0.2, -0.15) is 0 Å². The molecular weight excluding hydrogens is 504 g/mol. The van der Waals surface area contributed by atoms with Crippen molar-refractivity contribution in [3.8, 4) is 0 Å². The van der Waals surface area contributed by atoms with E-state index >= 15 is 0 Å². The maximum Gasteiger partial charge on any atom is 0.407 e. The summed E-state index contributed by atoms with van der Waals surface area (Å²) in [7, 11) is 0. The van der Waals surface area contributed by atoms with E-state index in [-0.39, 0.29) is 24.3 Å². The minimum absolute atomic E-state index is 0.0105. The molecule has 0 aromatic heterocycles. The number of carbonyl (C=O) groups is 4. The van der Waals surface area contributed by atoms with Crippen LogP contribution in [0.3, 0.4) is 0 Å². The molecule has 0 rings (SSSR count). The molecule has 3 amide bonds. The molecule has 1 atom stereocenters. The first kappa shape index (κ1) is 36.0. The molecule has 0 aliphatic heterocycles. The average molecular weight is 555 g/mol. The van der Waals surface area contributed by atoms with Gasteiger partial charge in [0.05, 0.1) is 0 Å². The van der Waals surface area contributed by atoms with E-state index in [0.717, 1.165) is 51.4 Å². The quantitative estimate of drug-likeness (QED) is 0.0570. The third kappa shape index (κ3) is 25.0. The molecule has 0 heterocycles. The maximum atomic E-state index is 12.0. The number of amides is 3. The van der Waals surface area contributed by atoms with Crippen molar-refractivity contribution in [2.75, 3.05) is 19.6 Å². The molecule has 0 bridgehead atoms. The van der Waals surface area contributed by atoms with Crippen LogP contribution in [-0.4, -0.2) is 60.3 Å². The van der Waals surface area contributed by atoms with E-state index < -0.39 is 17.6 Å². The summed E-state index contributed by atoms with van der Waals surface area (Å²) in [6.45, 7) is 6.96. The lowest BCUT2D eigenvalue weighted by Gasteiger charge is -2.19. The molecule has 224 valence electrons. The van der Waals surface area contributed by atoms with E-state index in [2.05, 4.69) is 26.0 Å². The Labute approximate surface area is 233 Å². The van der Waals surface area contributed by atoms with Gasteiger partial charge >= 0.3 is 12.1 Å². The number of hydrogen-bond donors (Lipinski definition) is 4. The molecular formula is C27H50N6O6. The van der Waals surface area contributed by atoms with E-state index in [0.29, 0.717) is 58.2 Å². The zero-order valence-electron chi connectivity index (χ0n) is 24.1. The lowest BCUT2D eigenvalue weighted by Crippen LogP contribution is -2.40. The van der Waals surface area contributed by atoms with Gasteiger partial charge in [-0.15, -0.1) is 0 Å². The van der Waals surface area contributed by atoms with Gasteiger partial charge in [0.15, 0.2) is 0 Å². The van der Waals surface area contributed by atoms with E-state index in [9.17, 15) is 24.3 Å². The number of ether oxygens (including phenoxy) is 1. The summed E-state index contributed by atoms with van der Waals surface area (Å²) in [6.07, 6.45) is 11.3. The van der Waals surface area contributed by atoms with Crippen LogP contribution in [0.4, 0.5) is 4.79 Å². The highest BCUT2D eigenvalue weighted by Gasteiger charge is 2.19. The second-order valence-electron chi connectivity index (χ2n) is 10.7. The number of aliphatic carboxylic acids is 1. The monoisotopic (exact) mass is 554 g/mol. The summed E-state index contributed by atoms with van der Waals surface area (Å²) in [5, 5.41) is 20.9. The zero-order valence-corrected chi connectivity index (χ0v) is 24.1. The number of nitrogens with one attached hydrogen (secondary N) is 3. The van der Waals surface area contributed by atoms with Gasteiger partial charge in [0, 0.05) is 37.4 Å². The van der Waals surface area contributed by atoms with Crippen LogP contribution >= 0.6 is 0 Å². The number of hydrogen-bond acceptors (Lipinski definition) is 6. The van der Waals surface area contributed by atoms with Crippen molar-refractivity contribution < 1.29 is 29.0 Å². The van der Waals surface area contributed by atoms with Crippen molar-refractivity contribution in [1.29, 1.82) is 0 Å². The smallest absolute Gasteiger partial charge is 0.407 e. The maximum absolute atomic E-state index is 12.0. The SMILES string of the molecule is CC(C)(C)OC(=O)NCCCCCCCCCCC(=O)NCCCC[C@H](NC(=O)CCCCN=[N+]=[N-])C(=O)O. The largest absolute Gasteiger partial charge is 0.480 e. The van der Waals surface area contributed by atoms with Crippen LogP contribution in [0.5, 0.6) is 0 Å². The minimum atomic E-state index is -1.07. The first-order valence-corrected chi connectivity index (χ1v) is 14.3. The lowest BCUT2D eigenvalue weighted by molar-refractivity contribution is -0.142. The molecule has 0 radical (unpaired) electrons. The number of rotatable bonds is 23. The van der Waals surface area contributed by atoms with Crippen LogP contribution in [0.25, 0.3) is 10.4 Å². The molecule has 0 saturated heterocycles. The van der Waals surface area contributed by atoms with Crippen LogP contribution in [0.2, 0.25) is 0 Å². The fourth-order valence-electron chi connectivity index (χ4n) is 3.80. The third-order valence-electron chi connectivity index (χ3n) is 5.85. The minimum Gasteiger partial charge on any atom is -0.480 e. The van der Waals surface area contributed by atoms with Gasteiger partial charge in [-0.1, -0.05) is 43.6 Å². The summed E-state index contributed by atoms with van der Waals surface area (Å²) in [6, 6.07) is -0.945. The molecule has 0 aromatic rings. The van der Waals surface area contributed by atoms with Crippen molar-refractivity contribution in [2.24, 2.45) is 5.11 Å². The summed E-state index contributed by atoms with van der Waals surface area (Å²) in [5.41, 5.74) is 7.74. The average Bonchev–Trinajstić information content (AvgIpc) is 2.85. The lowest BCUT2D eigenvalue weighted by atomic mass is 10.1. The molecule has 12 heteroatoms. The normalized spacial score (nSPS) is 11.7. The number of alkyl carbamates (subject to hydrolysis) is 1. The summed E-state index contributed by atoms with van der Waals surface area (Å²) in [4.78, 5) is 49.5. The number of unbranched alkanes of at least 4 members (excludes halogenated alkanes) is 9. The Bertz CT molecular complexity index is 764. The van der Waals surface area contributed by atoms with Crippen LogP contribution in [0.1, 0.15) is 117 Å². The van der Waals surface area contributed by atoms with Gasteiger partial charge in [-0.25, -0.2) is 9.59 Å². The molecule has 0 unspecified atom stereocenters. The van der Waals surface area contributed by atoms with E-state index in [1.165, 1.54) is 0 Å². The van der Waals surface area contributed by atoms with Crippen molar-refractivity contribution in [3.63, 3.8) is 0 Å². The highest BCUT2D eigenvalue weighted by atomic mass is 16.6. The van der Waals surface area contributed by atoms with Gasteiger partial charge in [-0.05, 0) is 71.2 Å². The predicted octanol–water partition coefficient (Wildman–Crippen LogP) is 5.36. The first-order valence-electron chi connectivity index (χ1n) is 14.3.